The number of amides is 1. The molecule has 0 spiro atoms. The average Bonchev–Trinajstić information content (AvgIpc) is 2.81. The number of likely N-dealkylation sites (N-methyl/N-ethyl adjacent to an activating group) is 1. The Balaban J connectivity index is 2.11. The minimum atomic E-state index is -0.0664. The highest BCUT2D eigenvalue weighted by Crippen LogP contribution is 2.15. The first-order valence-electron chi connectivity index (χ1n) is 6.20. The Morgan fingerprint density at radius 1 is 1.72 bits per heavy atom. The Morgan fingerprint density at radius 3 is 3.17 bits per heavy atom. The number of ether oxygens (including phenoxy) is 1. The summed E-state index contributed by atoms with van der Waals surface area (Å²) in [7, 11) is 3.41. The molecule has 1 aromatic rings. The van der Waals surface area contributed by atoms with Crippen LogP contribution in [0.2, 0.25) is 0 Å². The number of anilines is 1. The molecule has 1 aliphatic rings. The quantitative estimate of drug-likeness (QED) is 0.861. The minimum absolute atomic E-state index is 0.0363. The fourth-order valence-electron chi connectivity index (χ4n) is 2.01. The number of rotatable bonds is 4. The molecule has 2 rings (SSSR count). The number of aromatic nitrogens is 2. The molecule has 0 aliphatic carbocycles. The van der Waals surface area contributed by atoms with Gasteiger partial charge >= 0.3 is 0 Å². The zero-order chi connectivity index (χ0) is 13.1. The van der Waals surface area contributed by atoms with Gasteiger partial charge in [0.15, 0.2) is 0 Å². The van der Waals surface area contributed by atoms with Crippen molar-refractivity contribution in [1.29, 1.82) is 0 Å². The van der Waals surface area contributed by atoms with E-state index >= 15 is 0 Å². The molecule has 0 radical (unpaired) electrons. The molecule has 1 atom stereocenters. The molecule has 0 saturated heterocycles. The van der Waals surface area contributed by atoms with Crippen LogP contribution in [0, 0.1) is 0 Å². The number of hydrogen-bond donors (Lipinski definition) is 1. The van der Waals surface area contributed by atoms with Crippen LogP contribution >= 0.6 is 0 Å². The van der Waals surface area contributed by atoms with E-state index in [2.05, 4.69) is 10.3 Å². The summed E-state index contributed by atoms with van der Waals surface area (Å²) in [5, 5.41) is 3.19. The normalized spacial score (nSPS) is 15.7. The summed E-state index contributed by atoms with van der Waals surface area (Å²) in [5.41, 5.74) is 0.491. The number of imidazole rings is 1. The highest BCUT2D eigenvalue weighted by atomic mass is 16.5. The summed E-state index contributed by atoms with van der Waals surface area (Å²) in [6, 6.07) is 0.0363. The second kappa shape index (κ2) is 5.39. The highest BCUT2D eigenvalue weighted by molar-refractivity contribution is 5.92. The smallest absolute Gasteiger partial charge is 0.274 e. The van der Waals surface area contributed by atoms with Crippen molar-refractivity contribution in [2.45, 2.75) is 25.9 Å². The van der Waals surface area contributed by atoms with Crippen LogP contribution in [0.15, 0.2) is 6.20 Å². The molecule has 6 heteroatoms. The zero-order valence-corrected chi connectivity index (χ0v) is 11.1. The second-order valence-electron chi connectivity index (χ2n) is 4.64. The monoisotopic (exact) mass is 252 g/mol. The van der Waals surface area contributed by atoms with Gasteiger partial charge in [0.2, 0.25) is 5.95 Å². The van der Waals surface area contributed by atoms with E-state index in [1.807, 2.05) is 17.7 Å². The van der Waals surface area contributed by atoms with Gasteiger partial charge in [0.05, 0.1) is 12.6 Å². The third-order valence-corrected chi connectivity index (χ3v) is 3.24. The third kappa shape index (κ3) is 2.48. The first-order chi connectivity index (χ1) is 8.63. The van der Waals surface area contributed by atoms with Crippen molar-refractivity contribution in [3.05, 3.63) is 11.9 Å². The lowest BCUT2D eigenvalue weighted by Crippen LogP contribution is -2.38. The van der Waals surface area contributed by atoms with Crippen LogP contribution in [0.25, 0.3) is 0 Å². The van der Waals surface area contributed by atoms with Gasteiger partial charge in [0, 0.05) is 33.4 Å². The first-order valence-corrected chi connectivity index (χ1v) is 6.20. The molecule has 6 nitrogen and oxygen atoms in total. The minimum Gasteiger partial charge on any atom is -0.383 e. The van der Waals surface area contributed by atoms with E-state index < -0.39 is 0 Å². The van der Waals surface area contributed by atoms with Gasteiger partial charge in [-0.15, -0.1) is 0 Å². The van der Waals surface area contributed by atoms with Crippen LogP contribution in [0.5, 0.6) is 0 Å². The summed E-state index contributed by atoms with van der Waals surface area (Å²) in [5.74, 6) is 0.723. The Labute approximate surface area is 107 Å². The molecule has 1 N–H and O–H groups in total. The van der Waals surface area contributed by atoms with E-state index in [0.29, 0.717) is 12.3 Å². The number of methoxy groups -OCH3 is 1. The number of fused-ring (bicyclic) bond motifs is 1. The first kappa shape index (κ1) is 12.9. The summed E-state index contributed by atoms with van der Waals surface area (Å²) in [6.07, 6.45) is 2.88. The molecule has 1 aliphatic heterocycles. The molecule has 1 unspecified atom stereocenters. The van der Waals surface area contributed by atoms with Gasteiger partial charge in [-0.25, -0.2) is 4.98 Å². The van der Waals surface area contributed by atoms with E-state index in [9.17, 15) is 4.79 Å². The van der Waals surface area contributed by atoms with Crippen molar-refractivity contribution in [2.75, 3.05) is 32.6 Å². The van der Waals surface area contributed by atoms with Gasteiger partial charge in [-0.3, -0.25) is 4.79 Å². The zero-order valence-electron chi connectivity index (χ0n) is 11.1. The van der Waals surface area contributed by atoms with E-state index in [1.165, 1.54) is 0 Å². The number of hydrogen-bond acceptors (Lipinski definition) is 4. The van der Waals surface area contributed by atoms with E-state index in [0.717, 1.165) is 25.5 Å². The molecule has 100 valence electrons. The number of nitrogens with zero attached hydrogens (tertiary/aromatic N) is 3. The predicted octanol–water partition coefficient (Wildman–Crippen LogP) is 0.806. The molecule has 0 saturated carbocycles. The number of nitrogens with one attached hydrogen (secondary N) is 1. The molecule has 0 fully saturated rings. The van der Waals surface area contributed by atoms with Crippen molar-refractivity contribution >= 4 is 11.9 Å². The van der Waals surface area contributed by atoms with Gasteiger partial charge < -0.3 is 19.5 Å². The van der Waals surface area contributed by atoms with Gasteiger partial charge in [-0.05, 0) is 13.3 Å². The summed E-state index contributed by atoms with van der Waals surface area (Å²) >= 11 is 0. The van der Waals surface area contributed by atoms with E-state index in [-0.39, 0.29) is 11.9 Å². The van der Waals surface area contributed by atoms with Gasteiger partial charge in [-0.2, -0.15) is 0 Å². The maximum Gasteiger partial charge on any atom is 0.274 e. The van der Waals surface area contributed by atoms with Crippen LogP contribution in [0.1, 0.15) is 23.8 Å². The molecule has 18 heavy (non-hydrogen) atoms. The maximum atomic E-state index is 12.2. The third-order valence-electron chi connectivity index (χ3n) is 3.24. The van der Waals surface area contributed by atoms with Crippen molar-refractivity contribution in [3.8, 4) is 0 Å². The Bertz CT molecular complexity index is 406. The second-order valence-corrected chi connectivity index (χ2v) is 4.64. The van der Waals surface area contributed by atoms with Crippen LogP contribution in [0.4, 0.5) is 5.95 Å². The lowest BCUT2D eigenvalue weighted by atomic mass is 10.3. The fraction of sp³-hybridized carbons (Fsp3) is 0.667. The predicted molar refractivity (Wildman–Crippen MR) is 68.8 cm³/mol. The van der Waals surface area contributed by atoms with Crippen molar-refractivity contribution in [2.24, 2.45) is 0 Å². The van der Waals surface area contributed by atoms with Gasteiger partial charge in [0.25, 0.3) is 5.91 Å². The number of aryl methyl sites for hydroxylation is 1. The van der Waals surface area contributed by atoms with Crippen LogP contribution < -0.4 is 5.32 Å². The largest absolute Gasteiger partial charge is 0.383 e. The topological polar surface area (TPSA) is 59.4 Å². The molecule has 2 heterocycles. The standard InChI is InChI=1S/C12H20N4O2/c1-9(8-18-3)15(2)11(17)10-7-16-6-4-5-13-12(16)14-10/h7,9H,4-6,8H2,1-3H3,(H,13,14). The summed E-state index contributed by atoms with van der Waals surface area (Å²) in [6.45, 7) is 4.31. The number of carbonyl (C=O) groups is 1. The Kier molecular flexibility index (Phi) is 3.86. The van der Waals surface area contributed by atoms with Gasteiger partial charge in [0.1, 0.15) is 5.69 Å². The van der Waals surface area contributed by atoms with Crippen LogP contribution in [-0.2, 0) is 11.3 Å². The van der Waals surface area contributed by atoms with Crippen LogP contribution in [-0.4, -0.2) is 53.7 Å². The number of carbonyl (C=O) groups excluding carboxylic acids is 1. The lowest BCUT2D eigenvalue weighted by molar-refractivity contribution is 0.0628. The van der Waals surface area contributed by atoms with E-state index in [1.54, 1.807) is 19.1 Å². The average molecular weight is 252 g/mol. The Hall–Kier alpha value is -1.56. The lowest BCUT2D eigenvalue weighted by Gasteiger charge is -2.23. The fourth-order valence-corrected chi connectivity index (χ4v) is 2.01. The Morgan fingerprint density at radius 2 is 2.50 bits per heavy atom. The molecule has 1 aromatic heterocycles. The van der Waals surface area contributed by atoms with E-state index in [4.69, 9.17) is 4.74 Å². The SMILES string of the molecule is COCC(C)N(C)C(=O)c1cn2c(n1)NCCC2. The molecular weight excluding hydrogens is 232 g/mol. The molecule has 0 aromatic carbocycles. The molecule has 1 amide bonds. The summed E-state index contributed by atoms with van der Waals surface area (Å²) in [4.78, 5) is 18.2. The summed E-state index contributed by atoms with van der Waals surface area (Å²) < 4.78 is 7.05. The highest BCUT2D eigenvalue weighted by Gasteiger charge is 2.22. The molecular formula is C12H20N4O2. The van der Waals surface area contributed by atoms with Crippen molar-refractivity contribution in [3.63, 3.8) is 0 Å². The van der Waals surface area contributed by atoms with Crippen molar-refractivity contribution in [1.82, 2.24) is 14.5 Å². The van der Waals surface area contributed by atoms with Crippen molar-refractivity contribution < 1.29 is 9.53 Å². The molecule has 0 bridgehead atoms. The van der Waals surface area contributed by atoms with Crippen LogP contribution in [0.3, 0.4) is 0 Å². The van der Waals surface area contributed by atoms with Gasteiger partial charge in [-0.1, -0.05) is 0 Å². The maximum absolute atomic E-state index is 12.2.